The first-order chi connectivity index (χ1) is 8.63. The number of aryl methyl sites for hydroxylation is 2. The predicted octanol–water partition coefficient (Wildman–Crippen LogP) is 2.74. The van der Waals surface area contributed by atoms with Gasteiger partial charge in [0, 0.05) is 16.0 Å². The maximum absolute atomic E-state index is 5.82. The van der Waals surface area contributed by atoms with Crippen molar-refractivity contribution < 1.29 is 0 Å². The summed E-state index contributed by atoms with van der Waals surface area (Å²) in [5.41, 5.74) is 8.74. The molecule has 0 unspecified atom stereocenters. The van der Waals surface area contributed by atoms with Crippen LogP contribution in [0.15, 0.2) is 24.4 Å². The van der Waals surface area contributed by atoms with E-state index in [1.165, 1.54) is 4.88 Å². The maximum Gasteiger partial charge on any atom is 0.115 e. The van der Waals surface area contributed by atoms with Crippen LogP contribution in [0, 0.1) is 13.8 Å². The van der Waals surface area contributed by atoms with Crippen LogP contribution in [-0.2, 0) is 6.54 Å². The summed E-state index contributed by atoms with van der Waals surface area (Å²) >= 11 is 1.72. The molecule has 5 heteroatoms. The fourth-order valence-corrected chi connectivity index (χ4v) is 2.86. The second kappa shape index (κ2) is 4.10. The largest absolute Gasteiger partial charge is 0.399 e. The van der Waals surface area contributed by atoms with Gasteiger partial charge in [0.05, 0.1) is 24.0 Å². The maximum atomic E-state index is 5.82. The van der Waals surface area contributed by atoms with Crippen molar-refractivity contribution in [1.82, 2.24) is 14.8 Å². The number of aromatic nitrogens is 3. The topological polar surface area (TPSA) is 56.7 Å². The normalized spacial score (nSPS) is 11.2. The Kier molecular flexibility index (Phi) is 2.56. The number of thiazole rings is 1. The number of fused-ring (bicyclic) bond motifs is 1. The minimum absolute atomic E-state index is 0.701. The molecule has 0 aliphatic heterocycles. The van der Waals surface area contributed by atoms with Crippen LogP contribution in [0.4, 0.5) is 5.69 Å². The lowest BCUT2D eigenvalue weighted by molar-refractivity contribution is 0.707. The van der Waals surface area contributed by atoms with Crippen LogP contribution in [0.5, 0.6) is 0 Å². The molecule has 18 heavy (non-hydrogen) atoms. The van der Waals surface area contributed by atoms with Gasteiger partial charge in [-0.1, -0.05) is 0 Å². The van der Waals surface area contributed by atoms with Crippen molar-refractivity contribution in [3.05, 3.63) is 40.0 Å². The number of nitrogens with zero attached hydrogens (tertiary/aromatic N) is 3. The van der Waals surface area contributed by atoms with Gasteiger partial charge in [0.25, 0.3) is 0 Å². The first-order valence-corrected chi connectivity index (χ1v) is 6.59. The zero-order valence-corrected chi connectivity index (χ0v) is 11.2. The lowest BCUT2D eigenvalue weighted by Crippen LogP contribution is -2.01. The molecule has 3 rings (SSSR count). The standard InChI is InChI=1S/C13H14N4S/c1-8-9(2)18-13(16-8)7-17-12-5-11(14)4-3-10(12)6-15-17/h3-6H,7,14H2,1-2H3. The van der Waals surface area contributed by atoms with Gasteiger partial charge >= 0.3 is 0 Å². The van der Waals surface area contributed by atoms with E-state index in [1.807, 2.05) is 36.0 Å². The number of benzene rings is 1. The number of hydrogen-bond donors (Lipinski definition) is 1. The van der Waals surface area contributed by atoms with E-state index in [2.05, 4.69) is 17.0 Å². The van der Waals surface area contributed by atoms with Crippen LogP contribution < -0.4 is 5.73 Å². The van der Waals surface area contributed by atoms with Crippen LogP contribution >= 0.6 is 11.3 Å². The Morgan fingerprint density at radius 2 is 2.17 bits per heavy atom. The van der Waals surface area contributed by atoms with Crippen LogP contribution in [0.25, 0.3) is 10.9 Å². The third-order valence-electron chi connectivity index (χ3n) is 3.03. The zero-order valence-electron chi connectivity index (χ0n) is 10.3. The smallest absolute Gasteiger partial charge is 0.115 e. The van der Waals surface area contributed by atoms with Gasteiger partial charge in [0.1, 0.15) is 5.01 Å². The number of hydrogen-bond acceptors (Lipinski definition) is 4. The van der Waals surface area contributed by atoms with Crippen molar-refractivity contribution in [2.45, 2.75) is 20.4 Å². The molecule has 4 nitrogen and oxygen atoms in total. The molecule has 1 aromatic carbocycles. The molecule has 0 amide bonds. The molecular weight excluding hydrogens is 244 g/mol. The molecule has 0 spiro atoms. The van der Waals surface area contributed by atoms with Crippen LogP contribution in [0.1, 0.15) is 15.6 Å². The number of nitrogens with two attached hydrogens (primary N) is 1. The van der Waals surface area contributed by atoms with Crippen molar-refractivity contribution in [2.75, 3.05) is 5.73 Å². The number of anilines is 1. The lowest BCUT2D eigenvalue weighted by atomic mass is 10.2. The van der Waals surface area contributed by atoms with E-state index in [1.54, 1.807) is 11.3 Å². The predicted molar refractivity (Wildman–Crippen MR) is 74.8 cm³/mol. The second-order valence-corrected chi connectivity index (χ2v) is 5.66. The lowest BCUT2D eigenvalue weighted by Gasteiger charge is -2.01. The van der Waals surface area contributed by atoms with Crippen LogP contribution in [0.3, 0.4) is 0 Å². The van der Waals surface area contributed by atoms with Crippen molar-refractivity contribution in [3.63, 3.8) is 0 Å². The van der Waals surface area contributed by atoms with Crippen molar-refractivity contribution >= 4 is 27.9 Å². The summed E-state index contributed by atoms with van der Waals surface area (Å²) in [5, 5.41) is 6.59. The van der Waals surface area contributed by atoms with Gasteiger partial charge in [0.2, 0.25) is 0 Å². The summed E-state index contributed by atoms with van der Waals surface area (Å²) in [4.78, 5) is 5.81. The van der Waals surface area contributed by atoms with E-state index >= 15 is 0 Å². The molecule has 92 valence electrons. The Balaban J connectivity index is 2.02. The molecule has 2 heterocycles. The molecule has 2 aromatic heterocycles. The molecule has 0 aliphatic rings. The molecule has 0 atom stereocenters. The van der Waals surface area contributed by atoms with E-state index in [9.17, 15) is 0 Å². The van der Waals surface area contributed by atoms with E-state index in [4.69, 9.17) is 5.73 Å². The Labute approximate surface area is 109 Å². The van der Waals surface area contributed by atoms with Gasteiger partial charge in [-0.05, 0) is 32.0 Å². The van der Waals surface area contributed by atoms with Crippen molar-refractivity contribution in [3.8, 4) is 0 Å². The molecular formula is C13H14N4S. The fourth-order valence-electron chi connectivity index (χ4n) is 1.95. The molecule has 0 saturated carbocycles. The van der Waals surface area contributed by atoms with E-state index in [0.29, 0.717) is 6.54 Å². The van der Waals surface area contributed by atoms with Crippen molar-refractivity contribution in [2.24, 2.45) is 0 Å². The van der Waals surface area contributed by atoms with Crippen LogP contribution in [-0.4, -0.2) is 14.8 Å². The SMILES string of the molecule is Cc1nc(Cn2ncc3ccc(N)cc32)sc1C. The molecule has 0 aliphatic carbocycles. The summed E-state index contributed by atoms with van der Waals surface area (Å²) in [5.74, 6) is 0. The second-order valence-electron chi connectivity index (χ2n) is 4.37. The van der Waals surface area contributed by atoms with Gasteiger partial charge in [-0.15, -0.1) is 11.3 Å². The average Bonchev–Trinajstić information content (AvgIpc) is 2.85. The molecule has 0 saturated heterocycles. The molecule has 0 bridgehead atoms. The van der Waals surface area contributed by atoms with E-state index in [-0.39, 0.29) is 0 Å². The van der Waals surface area contributed by atoms with E-state index in [0.717, 1.165) is 27.3 Å². The fraction of sp³-hybridized carbons (Fsp3) is 0.231. The molecule has 2 N–H and O–H groups in total. The summed E-state index contributed by atoms with van der Waals surface area (Å²) in [6.07, 6.45) is 1.86. The highest BCUT2D eigenvalue weighted by Gasteiger charge is 2.08. The molecule has 0 fully saturated rings. The monoisotopic (exact) mass is 258 g/mol. The summed E-state index contributed by atoms with van der Waals surface area (Å²) < 4.78 is 1.95. The highest BCUT2D eigenvalue weighted by molar-refractivity contribution is 7.11. The van der Waals surface area contributed by atoms with Gasteiger partial charge < -0.3 is 5.73 Å². The third kappa shape index (κ3) is 1.86. The number of rotatable bonds is 2. The quantitative estimate of drug-likeness (QED) is 0.719. The Hall–Kier alpha value is -1.88. The van der Waals surface area contributed by atoms with Crippen LogP contribution in [0.2, 0.25) is 0 Å². The first kappa shape index (κ1) is 11.2. The summed E-state index contributed by atoms with van der Waals surface area (Å²) in [7, 11) is 0. The summed E-state index contributed by atoms with van der Waals surface area (Å²) in [6, 6.07) is 5.84. The number of nitrogen functional groups attached to an aromatic ring is 1. The highest BCUT2D eigenvalue weighted by atomic mass is 32.1. The minimum atomic E-state index is 0.701. The Morgan fingerprint density at radius 3 is 2.89 bits per heavy atom. The van der Waals surface area contributed by atoms with Gasteiger partial charge in [-0.3, -0.25) is 4.68 Å². The highest BCUT2D eigenvalue weighted by Crippen LogP contribution is 2.21. The van der Waals surface area contributed by atoms with Gasteiger partial charge in [0.15, 0.2) is 0 Å². The Morgan fingerprint density at radius 1 is 1.33 bits per heavy atom. The van der Waals surface area contributed by atoms with Gasteiger partial charge in [-0.2, -0.15) is 5.10 Å². The molecule has 0 radical (unpaired) electrons. The van der Waals surface area contributed by atoms with E-state index < -0.39 is 0 Å². The zero-order chi connectivity index (χ0) is 12.7. The van der Waals surface area contributed by atoms with Crippen molar-refractivity contribution in [1.29, 1.82) is 0 Å². The van der Waals surface area contributed by atoms with Gasteiger partial charge in [-0.25, -0.2) is 4.98 Å². The first-order valence-electron chi connectivity index (χ1n) is 5.77. The summed E-state index contributed by atoms with van der Waals surface area (Å²) in [6.45, 7) is 4.83. The average molecular weight is 258 g/mol. The Bertz CT molecular complexity index is 691. The third-order valence-corrected chi connectivity index (χ3v) is 4.08. The molecule has 3 aromatic rings. The minimum Gasteiger partial charge on any atom is -0.399 e.